The van der Waals surface area contributed by atoms with Gasteiger partial charge < -0.3 is 29.1 Å². The molecular weight excluding hydrogens is 971 g/mol. The third kappa shape index (κ3) is 16.4. The Labute approximate surface area is 431 Å². The molecule has 24 nitrogen and oxygen atoms in total. The van der Waals surface area contributed by atoms with Crippen LogP contribution in [0.4, 0.5) is 28.4 Å². The number of nitrogens with two attached hydrogens (primary N) is 1. The van der Waals surface area contributed by atoms with Gasteiger partial charge in [0.15, 0.2) is 25.4 Å². The van der Waals surface area contributed by atoms with Crippen LogP contribution in [0.3, 0.4) is 0 Å². The fourth-order valence-electron chi connectivity index (χ4n) is 4.48. The van der Waals surface area contributed by atoms with Gasteiger partial charge in [-0.2, -0.15) is 10.2 Å². The van der Waals surface area contributed by atoms with Crippen molar-refractivity contribution in [2.75, 3.05) is 30.5 Å². The molecule has 0 aliphatic carbocycles. The van der Waals surface area contributed by atoms with Crippen LogP contribution in [0.1, 0.15) is 0 Å². The fraction of sp³-hybridized carbons (Fsp3) is 0.154. The third-order valence-corrected chi connectivity index (χ3v) is 12.9. The zero-order valence-corrected chi connectivity index (χ0v) is 44.1. The topological polar surface area (TPSA) is 411 Å². The molecule has 4 rings (SSSR count). The van der Waals surface area contributed by atoms with E-state index in [9.17, 15) is 73.8 Å². The number of nitrogens with zero attached hydrogens (tertiary/aromatic N) is 4. The molecule has 304 valence electrons. The van der Waals surface area contributed by atoms with E-state index in [1.807, 2.05) is 0 Å². The predicted molar refractivity (Wildman–Crippen MR) is 183 cm³/mol. The summed E-state index contributed by atoms with van der Waals surface area (Å²) < 4.78 is 194. The summed E-state index contributed by atoms with van der Waals surface area (Å²) >= 11 is 0. The Morgan fingerprint density at radius 3 is 1.20 bits per heavy atom. The fourth-order valence-corrected chi connectivity index (χ4v) is 8.74. The molecule has 60 heavy (non-hydrogen) atoms. The van der Waals surface area contributed by atoms with E-state index >= 15 is 0 Å². The van der Waals surface area contributed by atoms with E-state index in [0.29, 0.717) is 12.1 Å². The second kappa shape index (κ2) is 23.0. The van der Waals surface area contributed by atoms with Crippen molar-refractivity contribution in [3.63, 3.8) is 0 Å². The number of phenolic OH excluding ortho intramolecular Hbond substituents is 1. The van der Waals surface area contributed by atoms with Crippen LogP contribution in [0.5, 0.6) is 5.75 Å². The van der Waals surface area contributed by atoms with Crippen molar-refractivity contribution in [1.82, 2.24) is 0 Å². The van der Waals surface area contributed by atoms with Crippen molar-refractivity contribution in [3.8, 4) is 5.75 Å². The van der Waals surface area contributed by atoms with Gasteiger partial charge >= 0.3 is 118 Å². The summed E-state index contributed by atoms with van der Waals surface area (Å²) in [6.45, 7) is -1.97. The molecule has 0 aliphatic heterocycles. The standard InChI is InChI=1S/C26H25N5O19S6.4Na/c27-23-22-15(13-20(53(37,38)39)24(23)30-28-16-1-5-18(6-2-16)51(33,34)11-9-49-55(43,44)45)14-21(54(40,41)42)25(26(22)32)31-29-17-3-7-19(8-4-17)52(35,36)12-10-50-56(46,47)48;;;;/h1-8,13-14,32H,9-12,27H2,(H,37,38,39)(H,40,41,42)(H,43,44,45)(H,46,47,48);;;;/q;4*+1/p-4. The monoisotopic (exact) mass is 991 g/mol. The van der Waals surface area contributed by atoms with Crippen LogP contribution in [-0.2, 0) is 69.1 Å². The maximum Gasteiger partial charge on any atom is 1.00 e. The summed E-state index contributed by atoms with van der Waals surface area (Å²) in [5.74, 6) is -3.03. The molecule has 4 aromatic carbocycles. The van der Waals surface area contributed by atoms with E-state index in [1.165, 1.54) is 0 Å². The first-order valence-corrected chi connectivity index (χ1v) is 23.1. The Bertz CT molecular complexity index is 2760. The molecule has 34 heteroatoms. The number of azo groups is 2. The van der Waals surface area contributed by atoms with Crippen LogP contribution in [-0.4, -0.2) is 98.5 Å². The predicted octanol–water partition coefficient (Wildman–Crippen LogP) is -10.7. The van der Waals surface area contributed by atoms with Gasteiger partial charge in [0.25, 0.3) is 0 Å². The van der Waals surface area contributed by atoms with Crippen LogP contribution >= 0.6 is 0 Å². The minimum Gasteiger partial charge on any atom is -0.744 e. The molecular formula is C26H21N5Na4O19S6. The van der Waals surface area contributed by atoms with Crippen molar-refractivity contribution in [3.05, 3.63) is 60.7 Å². The molecule has 0 spiro atoms. The summed E-state index contributed by atoms with van der Waals surface area (Å²) in [4.78, 5) is -3.29. The van der Waals surface area contributed by atoms with E-state index in [0.717, 1.165) is 48.5 Å². The molecule has 0 aromatic heterocycles. The van der Waals surface area contributed by atoms with Crippen LogP contribution in [0.2, 0.25) is 0 Å². The van der Waals surface area contributed by atoms with E-state index in [4.69, 9.17) is 5.73 Å². The summed E-state index contributed by atoms with van der Waals surface area (Å²) in [5, 5.41) is 24.6. The quantitative estimate of drug-likeness (QED) is 0.0346. The molecule has 0 saturated heterocycles. The first-order valence-electron chi connectivity index (χ1n) is 14.3. The molecule has 0 aliphatic rings. The Morgan fingerprint density at radius 1 is 0.533 bits per heavy atom. The second-order valence-electron chi connectivity index (χ2n) is 10.7. The average Bonchev–Trinajstić information content (AvgIpc) is 3.05. The van der Waals surface area contributed by atoms with E-state index < -0.39 is 139 Å². The van der Waals surface area contributed by atoms with Gasteiger partial charge in [0.1, 0.15) is 31.6 Å². The molecule has 4 aromatic rings. The molecule has 0 fully saturated rings. The zero-order valence-electron chi connectivity index (χ0n) is 31.2. The SMILES string of the molecule is Nc1c(N=Nc2ccc(S(=O)(=O)CCOS(=O)(=O)[O-])cc2)c(S(=O)(=O)[O-])cc2cc(S(=O)(=O)[O-])c(N=Nc3ccc(S(=O)(=O)CCOS(=O)(=O)[O-])cc3)c(O)c12.[Na+].[Na+].[Na+].[Na+]. The smallest absolute Gasteiger partial charge is 0.744 e. The van der Waals surface area contributed by atoms with Crippen molar-refractivity contribution >= 4 is 99.9 Å². The normalized spacial score (nSPS) is 12.7. The second-order valence-corrected chi connectivity index (χ2v) is 19.7. The Morgan fingerprint density at radius 2 is 0.867 bits per heavy atom. The van der Waals surface area contributed by atoms with Crippen LogP contribution in [0.15, 0.2) is 101 Å². The number of hydrogen-bond donors (Lipinski definition) is 2. The van der Waals surface area contributed by atoms with Crippen LogP contribution in [0.25, 0.3) is 10.8 Å². The molecule has 0 heterocycles. The maximum atomic E-state index is 12.4. The first kappa shape index (κ1) is 59.4. The summed E-state index contributed by atoms with van der Waals surface area (Å²) in [7, 11) is -29.8. The molecule has 0 amide bonds. The van der Waals surface area contributed by atoms with Crippen LogP contribution < -0.4 is 124 Å². The van der Waals surface area contributed by atoms with Crippen molar-refractivity contribution in [2.45, 2.75) is 19.6 Å². The third-order valence-electron chi connectivity index (χ3n) is 6.93. The van der Waals surface area contributed by atoms with Gasteiger partial charge in [0.05, 0.1) is 66.7 Å². The number of fused-ring (bicyclic) bond motifs is 1. The number of sulfone groups is 2. The average molecular weight is 992 g/mol. The van der Waals surface area contributed by atoms with Crippen molar-refractivity contribution in [2.24, 2.45) is 20.5 Å². The minimum atomic E-state index is -5.56. The van der Waals surface area contributed by atoms with Crippen molar-refractivity contribution < 1.29 is 200 Å². The van der Waals surface area contributed by atoms with Crippen molar-refractivity contribution in [1.29, 1.82) is 0 Å². The number of benzene rings is 4. The summed E-state index contributed by atoms with van der Waals surface area (Å²) in [6, 6.07) is 8.97. The van der Waals surface area contributed by atoms with E-state index in [-0.39, 0.29) is 130 Å². The Balaban J connectivity index is 0.00000870. The Kier molecular flexibility index (Phi) is 22.8. The van der Waals surface area contributed by atoms with E-state index in [2.05, 4.69) is 28.8 Å². The molecule has 0 radical (unpaired) electrons. The Hall–Kier alpha value is -0.600. The number of anilines is 1. The van der Waals surface area contributed by atoms with Gasteiger partial charge in [0, 0.05) is 0 Å². The number of phenols is 1. The van der Waals surface area contributed by atoms with Gasteiger partial charge in [-0.15, -0.1) is 10.2 Å². The van der Waals surface area contributed by atoms with Gasteiger partial charge in [-0.1, -0.05) is 0 Å². The number of hydrogen-bond acceptors (Lipinski definition) is 24. The molecule has 0 atom stereocenters. The van der Waals surface area contributed by atoms with Gasteiger partial charge in [-0.05, 0) is 66.0 Å². The molecule has 0 unspecified atom stereocenters. The molecule has 3 N–H and O–H groups in total. The number of rotatable bonds is 16. The summed E-state index contributed by atoms with van der Waals surface area (Å²) in [5.41, 5.74) is 2.91. The molecule has 0 bridgehead atoms. The summed E-state index contributed by atoms with van der Waals surface area (Å²) in [6.07, 6.45) is 0. The van der Waals surface area contributed by atoms with Gasteiger partial charge in [-0.25, -0.2) is 50.5 Å². The zero-order chi connectivity index (χ0) is 42.1. The van der Waals surface area contributed by atoms with Gasteiger partial charge in [-0.3, -0.25) is 8.37 Å². The maximum absolute atomic E-state index is 12.4. The van der Waals surface area contributed by atoms with Gasteiger partial charge in [0.2, 0.25) is 20.8 Å². The number of nitrogen functional groups attached to an aromatic ring is 1. The minimum absolute atomic E-state index is 0. The molecule has 0 saturated carbocycles. The first-order chi connectivity index (χ1) is 25.6. The number of aromatic hydroxyl groups is 1. The largest absolute Gasteiger partial charge is 1.00 e. The van der Waals surface area contributed by atoms with Crippen LogP contribution in [0, 0.1) is 0 Å². The van der Waals surface area contributed by atoms with E-state index in [1.54, 1.807) is 0 Å².